The zero-order valence-corrected chi connectivity index (χ0v) is 16.1. The molecule has 0 bridgehead atoms. The molecule has 4 rings (SSSR count). The minimum Gasteiger partial charge on any atom is -0.272 e. The highest BCUT2D eigenvalue weighted by atomic mass is 35.5. The maximum Gasteiger partial charge on any atom is 0.267 e. The molecule has 0 N–H and O–H groups in total. The largest absolute Gasteiger partial charge is 0.272 e. The van der Waals surface area contributed by atoms with Crippen molar-refractivity contribution in [2.24, 2.45) is 9.98 Å². The first kappa shape index (κ1) is 17.5. The number of nitrogens with zero attached hydrogens (tertiary/aromatic N) is 4. The molecule has 0 saturated carbocycles. The van der Waals surface area contributed by atoms with Crippen LogP contribution in [-0.4, -0.2) is 32.5 Å². The summed E-state index contributed by atoms with van der Waals surface area (Å²) >= 11 is 13.7. The fraction of sp³-hybridized carbons (Fsp3) is 0.222. The van der Waals surface area contributed by atoms with Crippen molar-refractivity contribution in [3.05, 3.63) is 57.8 Å². The molecule has 2 aliphatic rings. The second kappa shape index (κ2) is 7.02. The van der Waals surface area contributed by atoms with E-state index >= 15 is 0 Å². The first-order valence-electron chi connectivity index (χ1n) is 8.02. The second-order valence-electron chi connectivity index (χ2n) is 6.06. The summed E-state index contributed by atoms with van der Waals surface area (Å²) in [5.41, 5.74) is 2.67. The van der Waals surface area contributed by atoms with Gasteiger partial charge >= 0.3 is 0 Å². The van der Waals surface area contributed by atoms with E-state index in [2.05, 4.69) is 15.1 Å². The number of fused-ring (bicyclic) bond motifs is 1. The maximum absolute atomic E-state index is 12.4. The monoisotopic (exact) mass is 404 g/mol. The van der Waals surface area contributed by atoms with E-state index in [0.29, 0.717) is 28.8 Å². The maximum atomic E-state index is 12.4. The van der Waals surface area contributed by atoms with Crippen LogP contribution >= 0.6 is 35.0 Å². The van der Waals surface area contributed by atoms with E-state index in [4.69, 9.17) is 23.2 Å². The van der Waals surface area contributed by atoms with Crippen LogP contribution in [0.15, 0.2) is 46.7 Å². The zero-order valence-electron chi connectivity index (χ0n) is 13.8. The summed E-state index contributed by atoms with van der Waals surface area (Å²) in [7, 11) is 0. The van der Waals surface area contributed by atoms with Gasteiger partial charge < -0.3 is 0 Å². The number of aryl methyl sites for hydroxylation is 2. The van der Waals surface area contributed by atoms with E-state index in [9.17, 15) is 4.79 Å². The molecule has 2 aromatic rings. The summed E-state index contributed by atoms with van der Waals surface area (Å²) < 4.78 is 1.83. The molecule has 5 nitrogen and oxygen atoms in total. The summed E-state index contributed by atoms with van der Waals surface area (Å²) in [4.78, 5) is 22.1. The molecule has 1 aromatic carbocycles. The molecule has 0 radical (unpaired) electrons. The number of amides is 1. The fourth-order valence-electron chi connectivity index (χ4n) is 2.81. The molecule has 0 aliphatic carbocycles. The Labute approximate surface area is 164 Å². The van der Waals surface area contributed by atoms with Gasteiger partial charge in [0.1, 0.15) is 11.1 Å². The normalized spacial score (nSPS) is 19.1. The van der Waals surface area contributed by atoms with Crippen LogP contribution in [0.4, 0.5) is 0 Å². The van der Waals surface area contributed by atoms with Crippen molar-refractivity contribution in [2.45, 2.75) is 25.1 Å². The van der Waals surface area contributed by atoms with Crippen molar-refractivity contribution in [3.63, 3.8) is 0 Å². The number of allylic oxidation sites excluding steroid dienone is 1. The molecule has 0 fully saturated rings. The third-order valence-corrected chi connectivity index (χ3v) is 5.86. The van der Waals surface area contributed by atoms with Gasteiger partial charge in [-0.2, -0.15) is 10.1 Å². The van der Waals surface area contributed by atoms with E-state index in [-0.39, 0.29) is 5.91 Å². The number of aromatic nitrogens is 2. The molecule has 0 spiro atoms. The standard InChI is InChI=1S/C18H14Cl2N4OS/c1-10-8-21-24(9-10)5-4-16-22-14-7-15(26-17(14)18(25)23-16)12-3-2-11(19)6-13(12)20/h2-3,6-9,17H,4-5H2,1H3. The van der Waals surface area contributed by atoms with Crippen LogP contribution in [0.25, 0.3) is 4.91 Å². The lowest BCUT2D eigenvalue weighted by atomic mass is 10.1. The Balaban J connectivity index is 1.55. The first-order chi connectivity index (χ1) is 12.5. The van der Waals surface area contributed by atoms with Gasteiger partial charge in [-0.3, -0.25) is 9.48 Å². The predicted octanol–water partition coefficient (Wildman–Crippen LogP) is 4.42. The van der Waals surface area contributed by atoms with E-state index in [1.807, 2.05) is 29.9 Å². The topological polar surface area (TPSA) is 59.6 Å². The van der Waals surface area contributed by atoms with Gasteiger partial charge in [0.2, 0.25) is 0 Å². The van der Waals surface area contributed by atoms with Crippen LogP contribution in [-0.2, 0) is 11.3 Å². The molecule has 1 unspecified atom stereocenters. The SMILES string of the molecule is Cc1cnn(CCC2=NC(=O)C3SC(c4ccc(Cl)cc4Cl)=CC3=N2)c1. The summed E-state index contributed by atoms with van der Waals surface area (Å²) in [6.07, 6.45) is 6.22. The number of aliphatic imine (C=N–C) groups is 2. The number of hydrogen-bond donors (Lipinski definition) is 0. The Morgan fingerprint density at radius 2 is 2.12 bits per heavy atom. The third-order valence-electron chi connectivity index (χ3n) is 4.04. The molecule has 2 aliphatic heterocycles. The number of carbonyl (C=O) groups excluding carboxylic acids is 1. The Morgan fingerprint density at radius 1 is 1.27 bits per heavy atom. The molecule has 132 valence electrons. The smallest absolute Gasteiger partial charge is 0.267 e. The van der Waals surface area contributed by atoms with Gasteiger partial charge in [-0.05, 0) is 30.7 Å². The van der Waals surface area contributed by atoms with Crippen molar-refractivity contribution in [1.82, 2.24) is 9.78 Å². The Morgan fingerprint density at radius 3 is 2.85 bits per heavy atom. The number of rotatable bonds is 4. The molecule has 1 amide bonds. The average molecular weight is 405 g/mol. The summed E-state index contributed by atoms with van der Waals surface area (Å²) in [6.45, 7) is 2.62. The molecular weight excluding hydrogens is 391 g/mol. The minimum atomic E-state index is -0.396. The Bertz CT molecular complexity index is 993. The molecule has 8 heteroatoms. The van der Waals surface area contributed by atoms with Gasteiger partial charge in [-0.15, -0.1) is 11.8 Å². The highest BCUT2D eigenvalue weighted by Crippen LogP contribution is 2.42. The Hall–Kier alpha value is -1.89. The number of amidine groups is 1. The lowest BCUT2D eigenvalue weighted by molar-refractivity contribution is -0.116. The van der Waals surface area contributed by atoms with Crippen molar-refractivity contribution in [2.75, 3.05) is 0 Å². The van der Waals surface area contributed by atoms with Crippen LogP contribution < -0.4 is 0 Å². The second-order valence-corrected chi connectivity index (χ2v) is 8.05. The molecule has 1 atom stereocenters. The van der Waals surface area contributed by atoms with Gasteiger partial charge in [-0.25, -0.2) is 4.99 Å². The summed E-state index contributed by atoms with van der Waals surface area (Å²) in [5.74, 6) is 0.359. The van der Waals surface area contributed by atoms with Crippen molar-refractivity contribution >= 4 is 57.3 Å². The van der Waals surface area contributed by atoms with E-state index in [1.54, 1.807) is 18.3 Å². The fourth-order valence-corrected chi connectivity index (χ4v) is 4.51. The van der Waals surface area contributed by atoms with Crippen LogP contribution in [0.2, 0.25) is 10.0 Å². The van der Waals surface area contributed by atoms with E-state index in [1.165, 1.54) is 11.8 Å². The van der Waals surface area contributed by atoms with E-state index < -0.39 is 5.25 Å². The van der Waals surface area contributed by atoms with Crippen molar-refractivity contribution < 1.29 is 4.79 Å². The van der Waals surface area contributed by atoms with Gasteiger partial charge in [-0.1, -0.05) is 29.3 Å². The summed E-state index contributed by atoms with van der Waals surface area (Å²) in [6, 6.07) is 5.33. The summed E-state index contributed by atoms with van der Waals surface area (Å²) in [5, 5.41) is 4.98. The molecule has 0 saturated heterocycles. The lowest BCUT2D eigenvalue weighted by Crippen LogP contribution is -2.27. The number of thioether (sulfide) groups is 1. The molecule has 3 heterocycles. The van der Waals surface area contributed by atoms with Crippen LogP contribution in [0.5, 0.6) is 0 Å². The highest BCUT2D eigenvalue weighted by Gasteiger charge is 2.35. The van der Waals surface area contributed by atoms with Crippen molar-refractivity contribution in [1.29, 1.82) is 0 Å². The van der Waals surface area contributed by atoms with Gasteiger partial charge in [0.15, 0.2) is 0 Å². The molecule has 1 aromatic heterocycles. The van der Waals surface area contributed by atoms with Gasteiger partial charge in [0, 0.05) is 34.7 Å². The number of benzene rings is 1. The van der Waals surface area contributed by atoms with Crippen LogP contribution in [0.1, 0.15) is 17.5 Å². The quantitative estimate of drug-likeness (QED) is 0.757. The Kier molecular flexibility index (Phi) is 4.73. The number of hydrogen-bond acceptors (Lipinski definition) is 4. The van der Waals surface area contributed by atoms with Gasteiger partial charge in [0.05, 0.1) is 16.9 Å². The minimum absolute atomic E-state index is 0.178. The number of carbonyl (C=O) groups is 1. The number of halogens is 2. The molecule has 26 heavy (non-hydrogen) atoms. The van der Waals surface area contributed by atoms with Gasteiger partial charge in [0.25, 0.3) is 5.91 Å². The van der Waals surface area contributed by atoms with Crippen LogP contribution in [0.3, 0.4) is 0 Å². The van der Waals surface area contributed by atoms with Crippen molar-refractivity contribution in [3.8, 4) is 0 Å². The third kappa shape index (κ3) is 3.49. The lowest BCUT2D eigenvalue weighted by Gasteiger charge is -2.13. The van der Waals surface area contributed by atoms with E-state index in [0.717, 1.165) is 21.7 Å². The predicted molar refractivity (Wildman–Crippen MR) is 107 cm³/mol. The zero-order chi connectivity index (χ0) is 18.3. The first-order valence-corrected chi connectivity index (χ1v) is 9.66. The van der Waals surface area contributed by atoms with Crippen LogP contribution in [0, 0.1) is 6.92 Å². The molecular formula is C18H14Cl2N4OS. The highest BCUT2D eigenvalue weighted by molar-refractivity contribution is 8.10. The average Bonchev–Trinajstić information content (AvgIpc) is 3.19.